The zero-order valence-corrected chi connectivity index (χ0v) is 21.1. The van der Waals surface area contributed by atoms with Gasteiger partial charge in [-0.3, -0.25) is 0 Å². The van der Waals surface area contributed by atoms with Crippen molar-refractivity contribution in [3.8, 4) is 0 Å². The van der Waals surface area contributed by atoms with Gasteiger partial charge in [-0.15, -0.1) is 34.2 Å². The molecule has 30 heavy (non-hydrogen) atoms. The summed E-state index contributed by atoms with van der Waals surface area (Å²) in [4.78, 5) is 4.36. The lowest BCUT2D eigenvalue weighted by atomic mass is 10.2. The summed E-state index contributed by atoms with van der Waals surface area (Å²) in [6.45, 7) is 8.64. The number of nitrogens with zero attached hydrogens (tertiary/aromatic N) is 4. The summed E-state index contributed by atoms with van der Waals surface area (Å²) in [6.07, 6.45) is 3.65. The fourth-order valence-electron chi connectivity index (χ4n) is 2.83. The minimum absolute atomic E-state index is 0. The van der Waals surface area contributed by atoms with Crippen molar-refractivity contribution in [2.24, 2.45) is 10.9 Å². The molecule has 1 aromatic heterocycles. The van der Waals surface area contributed by atoms with Crippen molar-refractivity contribution in [3.63, 3.8) is 0 Å². The number of aliphatic imine (C=N–C) groups is 1. The lowest BCUT2D eigenvalue weighted by Gasteiger charge is -2.13. The van der Waals surface area contributed by atoms with E-state index in [0.717, 1.165) is 42.5 Å². The zero-order chi connectivity index (χ0) is 21.2. The Morgan fingerprint density at radius 2 is 2.00 bits per heavy atom. The van der Waals surface area contributed by atoms with E-state index in [1.165, 1.54) is 6.07 Å². The minimum Gasteiger partial charge on any atom is -0.357 e. The molecule has 0 unspecified atom stereocenters. The fraction of sp³-hybridized carbons (Fsp3) is 0.550. The Kier molecular flexibility index (Phi) is 12.2. The molecular weight excluding hydrogens is 521 g/mol. The van der Waals surface area contributed by atoms with Gasteiger partial charge in [0.1, 0.15) is 17.5 Å². The molecule has 0 aliphatic heterocycles. The standard InChI is InChI=1S/C20H30F2N6S.HI/c1-5-23-19(25-12-15-11-16(21)8-9-17(15)22)24-10-6-7-18-26-27-20(29-4)28(18)13-14(2)3;/h8-9,11,14H,5-7,10,12-13H2,1-4H3,(H2,23,24,25);1H. The number of guanidine groups is 1. The number of benzene rings is 1. The largest absolute Gasteiger partial charge is 0.357 e. The van der Waals surface area contributed by atoms with Gasteiger partial charge in [0.15, 0.2) is 11.1 Å². The van der Waals surface area contributed by atoms with Crippen LogP contribution < -0.4 is 10.6 Å². The van der Waals surface area contributed by atoms with Crippen LogP contribution in [0, 0.1) is 17.6 Å². The van der Waals surface area contributed by atoms with Crippen molar-refractivity contribution in [3.05, 3.63) is 41.2 Å². The van der Waals surface area contributed by atoms with E-state index in [0.29, 0.717) is 25.0 Å². The van der Waals surface area contributed by atoms with Crippen molar-refractivity contribution in [2.45, 2.75) is 51.9 Å². The van der Waals surface area contributed by atoms with Gasteiger partial charge in [-0.2, -0.15) is 0 Å². The molecule has 10 heteroatoms. The summed E-state index contributed by atoms with van der Waals surface area (Å²) in [5, 5.41) is 15.9. The van der Waals surface area contributed by atoms with Gasteiger partial charge in [0.25, 0.3) is 0 Å². The number of hydrogen-bond acceptors (Lipinski definition) is 4. The molecule has 1 heterocycles. The van der Waals surface area contributed by atoms with Gasteiger partial charge in [-0.1, -0.05) is 25.6 Å². The van der Waals surface area contributed by atoms with Crippen molar-refractivity contribution in [1.82, 2.24) is 25.4 Å². The molecule has 168 valence electrons. The molecule has 0 radical (unpaired) electrons. The smallest absolute Gasteiger partial charge is 0.191 e. The highest BCUT2D eigenvalue weighted by molar-refractivity contribution is 14.0. The summed E-state index contributed by atoms with van der Waals surface area (Å²) < 4.78 is 29.3. The third kappa shape index (κ3) is 8.37. The summed E-state index contributed by atoms with van der Waals surface area (Å²) in [5.41, 5.74) is 0.230. The number of rotatable bonds is 10. The Labute approximate surface area is 198 Å². The van der Waals surface area contributed by atoms with E-state index in [2.05, 4.69) is 44.2 Å². The quantitative estimate of drug-likeness (QED) is 0.152. The van der Waals surface area contributed by atoms with Crippen molar-refractivity contribution >= 4 is 41.7 Å². The van der Waals surface area contributed by atoms with Crippen LogP contribution in [0.1, 0.15) is 38.6 Å². The zero-order valence-electron chi connectivity index (χ0n) is 17.9. The molecule has 0 saturated carbocycles. The maximum absolute atomic E-state index is 13.8. The maximum Gasteiger partial charge on any atom is 0.191 e. The monoisotopic (exact) mass is 552 g/mol. The van der Waals surface area contributed by atoms with E-state index in [9.17, 15) is 8.78 Å². The average Bonchev–Trinajstić information content (AvgIpc) is 3.06. The van der Waals surface area contributed by atoms with Crippen molar-refractivity contribution in [2.75, 3.05) is 19.3 Å². The summed E-state index contributed by atoms with van der Waals surface area (Å²) in [6, 6.07) is 3.40. The third-order valence-corrected chi connectivity index (χ3v) is 4.82. The second-order valence-corrected chi connectivity index (χ2v) is 7.84. The summed E-state index contributed by atoms with van der Waals surface area (Å²) in [7, 11) is 0. The first-order valence-corrected chi connectivity index (χ1v) is 11.1. The van der Waals surface area contributed by atoms with Gasteiger partial charge >= 0.3 is 0 Å². The van der Waals surface area contributed by atoms with E-state index in [1.54, 1.807) is 11.8 Å². The predicted octanol–water partition coefficient (Wildman–Crippen LogP) is 4.24. The Morgan fingerprint density at radius 3 is 2.67 bits per heavy atom. The molecule has 2 aromatic rings. The van der Waals surface area contributed by atoms with Crippen LogP contribution in [-0.4, -0.2) is 40.1 Å². The topological polar surface area (TPSA) is 67.1 Å². The SMILES string of the molecule is CCNC(=NCc1cc(F)ccc1F)NCCCc1nnc(SC)n1CC(C)C.I. The number of aromatic nitrogens is 3. The molecular formula is C20H31F2IN6S. The van der Waals surface area contributed by atoms with Gasteiger partial charge in [0.05, 0.1) is 6.54 Å². The second-order valence-electron chi connectivity index (χ2n) is 7.07. The number of halogens is 3. The van der Waals surface area contributed by atoms with Crippen LogP contribution in [0.25, 0.3) is 0 Å². The van der Waals surface area contributed by atoms with Gasteiger partial charge < -0.3 is 15.2 Å². The van der Waals surface area contributed by atoms with Gasteiger partial charge in [-0.05, 0) is 43.7 Å². The van der Waals surface area contributed by atoms with E-state index in [4.69, 9.17) is 0 Å². The highest BCUT2D eigenvalue weighted by atomic mass is 127. The summed E-state index contributed by atoms with van der Waals surface area (Å²) >= 11 is 1.60. The highest BCUT2D eigenvalue weighted by Crippen LogP contribution is 2.16. The normalized spacial score (nSPS) is 11.5. The predicted molar refractivity (Wildman–Crippen MR) is 130 cm³/mol. The summed E-state index contributed by atoms with van der Waals surface area (Å²) in [5.74, 6) is 1.15. The lowest BCUT2D eigenvalue weighted by Crippen LogP contribution is -2.38. The van der Waals surface area contributed by atoms with Crippen molar-refractivity contribution < 1.29 is 8.78 Å². The van der Waals surface area contributed by atoms with Crippen LogP contribution in [-0.2, 0) is 19.5 Å². The van der Waals surface area contributed by atoms with Gasteiger partial charge in [0, 0.05) is 31.6 Å². The molecule has 6 nitrogen and oxygen atoms in total. The number of nitrogens with one attached hydrogen (secondary N) is 2. The number of aryl methyl sites for hydroxylation is 1. The van der Waals surface area contributed by atoms with Crippen LogP contribution >= 0.6 is 35.7 Å². The molecule has 0 aliphatic carbocycles. The maximum atomic E-state index is 13.8. The first kappa shape index (κ1) is 26.6. The van der Waals surface area contributed by atoms with E-state index < -0.39 is 11.6 Å². The molecule has 1 aromatic carbocycles. The molecule has 0 spiro atoms. The number of thioether (sulfide) groups is 1. The van der Waals surface area contributed by atoms with Crippen molar-refractivity contribution in [1.29, 1.82) is 0 Å². The molecule has 0 amide bonds. The minimum atomic E-state index is -0.468. The van der Waals surface area contributed by atoms with E-state index in [-0.39, 0.29) is 36.1 Å². The first-order chi connectivity index (χ1) is 13.9. The Balaban J connectivity index is 0.00000450. The Morgan fingerprint density at radius 1 is 1.23 bits per heavy atom. The average molecular weight is 552 g/mol. The van der Waals surface area contributed by atoms with Crippen LogP contribution in [0.2, 0.25) is 0 Å². The molecule has 2 N–H and O–H groups in total. The van der Waals surface area contributed by atoms with Gasteiger partial charge in [0.2, 0.25) is 0 Å². The first-order valence-electron chi connectivity index (χ1n) is 9.86. The molecule has 0 bridgehead atoms. The molecule has 0 aliphatic rings. The van der Waals surface area contributed by atoms with E-state index >= 15 is 0 Å². The van der Waals surface area contributed by atoms with Crippen LogP contribution in [0.3, 0.4) is 0 Å². The fourth-order valence-corrected chi connectivity index (χ4v) is 3.35. The van der Waals surface area contributed by atoms with Gasteiger partial charge in [-0.25, -0.2) is 13.8 Å². The molecule has 0 fully saturated rings. The number of hydrogen-bond donors (Lipinski definition) is 2. The van der Waals surface area contributed by atoms with Crippen LogP contribution in [0.4, 0.5) is 8.78 Å². The van der Waals surface area contributed by atoms with Crippen LogP contribution in [0.5, 0.6) is 0 Å². The van der Waals surface area contributed by atoms with E-state index in [1.807, 2.05) is 13.2 Å². The highest BCUT2D eigenvalue weighted by Gasteiger charge is 2.12. The molecule has 2 rings (SSSR count). The Hall–Kier alpha value is -1.43. The lowest BCUT2D eigenvalue weighted by molar-refractivity contribution is 0.477. The molecule has 0 saturated heterocycles. The Bertz CT molecular complexity index is 813. The van der Waals surface area contributed by atoms with Crippen LogP contribution in [0.15, 0.2) is 28.3 Å². The second kappa shape index (κ2) is 13.8. The molecule has 0 atom stereocenters. The third-order valence-electron chi connectivity index (χ3n) is 4.15.